The largest absolute Gasteiger partial charge is 0.382 e. The van der Waals surface area contributed by atoms with Crippen molar-refractivity contribution >= 4 is 17.7 Å². The maximum atomic E-state index is 5.37. The second-order valence-corrected chi connectivity index (χ2v) is 5.99. The molecule has 19 heavy (non-hydrogen) atoms. The van der Waals surface area contributed by atoms with Gasteiger partial charge in [0, 0.05) is 37.8 Å². The van der Waals surface area contributed by atoms with E-state index in [0.29, 0.717) is 5.25 Å². The Kier molecular flexibility index (Phi) is 7.98. The van der Waals surface area contributed by atoms with Crippen molar-refractivity contribution in [1.29, 1.82) is 0 Å². The molecule has 0 amide bonds. The van der Waals surface area contributed by atoms with Crippen LogP contribution in [0.25, 0.3) is 0 Å². The summed E-state index contributed by atoms with van der Waals surface area (Å²) < 4.78 is 7.56. The number of hydrogen-bond donors (Lipinski definition) is 1. The predicted molar refractivity (Wildman–Crippen MR) is 84.2 cm³/mol. The van der Waals surface area contributed by atoms with Gasteiger partial charge in [0.2, 0.25) is 5.95 Å². The van der Waals surface area contributed by atoms with Crippen LogP contribution in [0.3, 0.4) is 0 Å². The molecule has 1 aromatic heterocycles. The van der Waals surface area contributed by atoms with Gasteiger partial charge in [0.1, 0.15) is 0 Å². The summed E-state index contributed by atoms with van der Waals surface area (Å²) in [6, 6.07) is 0. The quantitative estimate of drug-likeness (QED) is 0.670. The van der Waals surface area contributed by atoms with E-state index in [4.69, 9.17) is 4.74 Å². The predicted octanol–water partition coefficient (Wildman–Crippen LogP) is 3.17. The zero-order valence-corrected chi connectivity index (χ0v) is 13.4. The molecule has 1 aromatic rings. The van der Waals surface area contributed by atoms with Gasteiger partial charge < -0.3 is 14.6 Å². The fourth-order valence-electron chi connectivity index (χ4n) is 1.84. The van der Waals surface area contributed by atoms with Crippen molar-refractivity contribution in [3.8, 4) is 0 Å². The number of thioether (sulfide) groups is 1. The number of aryl methyl sites for hydroxylation is 2. The summed E-state index contributed by atoms with van der Waals surface area (Å²) >= 11 is 1.90. The summed E-state index contributed by atoms with van der Waals surface area (Å²) in [5, 5.41) is 4.13. The van der Waals surface area contributed by atoms with Crippen LogP contribution in [0.5, 0.6) is 0 Å². The van der Waals surface area contributed by atoms with Crippen molar-refractivity contribution in [2.75, 3.05) is 31.3 Å². The first-order valence-corrected chi connectivity index (χ1v) is 8.34. The van der Waals surface area contributed by atoms with E-state index in [2.05, 4.69) is 34.2 Å². The van der Waals surface area contributed by atoms with Crippen molar-refractivity contribution in [3.63, 3.8) is 0 Å². The van der Waals surface area contributed by atoms with Crippen LogP contribution < -0.4 is 5.32 Å². The number of nitrogens with one attached hydrogen (secondary N) is 1. The number of anilines is 1. The van der Waals surface area contributed by atoms with Gasteiger partial charge in [-0.3, -0.25) is 0 Å². The first kappa shape index (κ1) is 16.4. The van der Waals surface area contributed by atoms with E-state index < -0.39 is 0 Å². The maximum absolute atomic E-state index is 5.37. The third-order valence-electron chi connectivity index (χ3n) is 3.03. The molecule has 110 valence electrons. The summed E-state index contributed by atoms with van der Waals surface area (Å²) in [6.07, 6.45) is 6.45. The van der Waals surface area contributed by atoms with Gasteiger partial charge >= 0.3 is 0 Å². The van der Waals surface area contributed by atoms with Crippen LogP contribution in [0.2, 0.25) is 0 Å². The molecule has 1 atom stereocenters. The number of rotatable bonds is 10. The van der Waals surface area contributed by atoms with Gasteiger partial charge in [-0.15, -0.1) is 0 Å². The Bertz CT molecular complexity index is 354. The minimum atomic E-state index is 0.690. The Balaban J connectivity index is 2.39. The van der Waals surface area contributed by atoms with Crippen LogP contribution in [0.1, 0.15) is 32.4 Å². The SMILES string of the molecule is CCOCCCn1cc(C)nc1NCCC(C)SC. The Labute approximate surface area is 121 Å². The lowest BCUT2D eigenvalue weighted by atomic mass is 10.3. The number of ether oxygens (including phenoxy) is 1. The molecule has 0 saturated carbocycles. The molecule has 0 aliphatic rings. The zero-order valence-electron chi connectivity index (χ0n) is 12.6. The number of imidazole rings is 1. The second kappa shape index (κ2) is 9.26. The molecule has 1 rings (SSSR count). The van der Waals surface area contributed by atoms with E-state index in [1.54, 1.807) is 0 Å². The van der Waals surface area contributed by atoms with Crippen LogP contribution >= 0.6 is 11.8 Å². The summed E-state index contributed by atoms with van der Waals surface area (Å²) in [7, 11) is 0. The first-order valence-electron chi connectivity index (χ1n) is 7.05. The van der Waals surface area contributed by atoms with Gasteiger partial charge in [0.05, 0.1) is 5.69 Å². The molecule has 0 aromatic carbocycles. The molecular weight excluding hydrogens is 258 g/mol. The summed E-state index contributed by atoms with van der Waals surface area (Å²) in [5.41, 5.74) is 1.07. The summed E-state index contributed by atoms with van der Waals surface area (Å²) in [6.45, 7) is 9.87. The molecule has 4 nitrogen and oxygen atoms in total. The highest BCUT2D eigenvalue weighted by atomic mass is 32.2. The monoisotopic (exact) mass is 285 g/mol. The molecule has 1 N–H and O–H groups in total. The lowest BCUT2D eigenvalue weighted by molar-refractivity contribution is 0.142. The van der Waals surface area contributed by atoms with Crippen molar-refractivity contribution in [1.82, 2.24) is 9.55 Å². The molecule has 0 aliphatic heterocycles. The topological polar surface area (TPSA) is 39.1 Å². The molecule has 0 saturated heterocycles. The normalized spacial score (nSPS) is 12.6. The van der Waals surface area contributed by atoms with Crippen molar-refractivity contribution in [3.05, 3.63) is 11.9 Å². The lowest BCUT2D eigenvalue weighted by Gasteiger charge is -2.11. The van der Waals surface area contributed by atoms with Gasteiger partial charge in [0.25, 0.3) is 0 Å². The number of hydrogen-bond acceptors (Lipinski definition) is 4. The van der Waals surface area contributed by atoms with Crippen LogP contribution in [-0.4, -0.2) is 40.8 Å². The Hall–Kier alpha value is -0.680. The first-order chi connectivity index (χ1) is 9.17. The fraction of sp³-hybridized carbons (Fsp3) is 0.786. The lowest BCUT2D eigenvalue weighted by Crippen LogP contribution is -2.12. The highest BCUT2D eigenvalue weighted by molar-refractivity contribution is 7.99. The molecule has 1 heterocycles. The van der Waals surface area contributed by atoms with E-state index in [1.807, 2.05) is 25.6 Å². The van der Waals surface area contributed by atoms with Crippen LogP contribution in [-0.2, 0) is 11.3 Å². The standard InChI is InChI=1S/C14H27N3OS/c1-5-18-10-6-9-17-11-12(2)16-14(17)15-8-7-13(3)19-4/h11,13H,5-10H2,1-4H3,(H,15,16). The van der Waals surface area contributed by atoms with Crippen molar-refractivity contribution in [2.45, 2.75) is 45.4 Å². The van der Waals surface area contributed by atoms with Gasteiger partial charge in [0.15, 0.2) is 0 Å². The van der Waals surface area contributed by atoms with Gasteiger partial charge in [-0.2, -0.15) is 11.8 Å². The van der Waals surface area contributed by atoms with Crippen molar-refractivity contribution in [2.24, 2.45) is 0 Å². The third kappa shape index (κ3) is 6.34. The number of nitrogens with zero attached hydrogens (tertiary/aromatic N) is 2. The van der Waals surface area contributed by atoms with Crippen LogP contribution in [0.15, 0.2) is 6.20 Å². The van der Waals surface area contributed by atoms with E-state index in [1.165, 1.54) is 0 Å². The third-order valence-corrected chi connectivity index (χ3v) is 4.07. The molecule has 0 fully saturated rings. The second-order valence-electron chi connectivity index (χ2n) is 4.71. The average molecular weight is 285 g/mol. The Morgan fingerprint density at radius 3 is 3.00 bits per heavy atom. The minimum Gasteiger partial charge on any atom is -0.382 e. The highest BCUT2D eigenvalue weighted by Crippen LogP contribution is 2.12. The Morgan fingerprint density at radius 1 is 1.53 bits per heavy atom. The minimum absolute atomic E-state index is 0.690. The van der Waals surface area contributed by atoms with Gasteiger partial charge in [-0.05, 0) is 32.9 Å². The molecular formula is C14H27N3OS. The molecule has 5 heteroatoms. The molecule has 1 unspecified atom stereocenters. The molecule has 0 bridgehead atoms. The smallest absolute Gasteiger partial charge is 0.203 e. The number of aromatic nitrogens is 2. The van der Waals surface area contributed by atoms with Crippen LogP contribution in [0.4, 0.5) is 5.95 Å². The molecule has 0 spiro atoms. The van der Waals surface area contributed by atoms with Gasteiger partial charge in [-0.25, -0.2) is 4.98 Å². The van der Waals surface area contributed by atoms with E-state index >= 15 is 0 Å². The van der Waals surface area contributed by atoms with E-state index in [9.17, 15) is 0 Å². The highest BCUT2D eigenvalue weighted by Gasteiger charge is 2.06. The van der Waals surface area contributed by atoms with E-state index in [0.717, 1.165) is 50.8 Å². The maximum Gasteiger partial charge on any atom is 0.203 e. The summed E-state index contributed by atoms with van der Waals surface area (Å²) in [5.74, 6) is 0.988. The molecule has 0 radical (unpaired) electrons. The van der Waals surface area contributed by atoms with Crippen molar-refractivity contribution < 1.29 is 4.74 Å². The molecule has 0 aliphatic carbocycles. The van der Waals surface area contributed by atoms with Crippen LogP contribution in [0, 0.1) is 6.92 Å². The Morgan fingerprint density at radius 2 is 2.32 bits per heavy atom. The van der Waals surface area contributed by atoms with Gasteiger partial charge in [-0.1, -0.05) is 6.92 Å². The van der Waals surface area contributed by atoms with E-state index in [-0.39, 0.29) is 0 Å². The summed E-state index contributed by atoms with van der Waals surface area (Å²) in [4.78, 5) is 4.54. The average Bonchev–Trinajstić information content (AvgIpc) is 2.75. The fourth-order valence-corrected chi connectivity index (χ4v) is 2.20. The zero-order chi connectivity index (χ0) is 14.1.